The molecule has 0 aromatic carbocycles. The summed E-state index contributed by atoms with van der Waals surface area (Å²) < 4.78 is 5.61. The van der Waals surface area contributed by atoms with Crippen LogP contribution in [0.4, 0.5) is 0 Å². The molecular formula is C13H25NO. The molecule has 0 spiro atoms. The molecule has 0 aromatic heterocycles. The van der Waals surface area contributed by atoms with Crippen LogP contribution in [0.15, 0.2) is 0 Å². The zero-order chi connectivity index (χ0) is 10.8. The van der Waals surface area contributed by atoms with Crippen molar-refractivity contribution in [3.05, 3.63) is 0 Å². The Morgan fingerprint density at radius 3 is 2.47 bits per heavy atom. The van der Waals surface area contributed by atoms with Crippen LogP contribution >= 0.6 is 0 Å². The van der Waals surface area contributed by atoms with Gasteiger partial charge in [-0.1, -0.05) is 26.7 Å². The van der Waals surface area contributed by atoms with Gasteiger partial charge in [-0.3, -0.25) is 0 Å². The van der Waals surface area contributed by atoms with Gasteiger partial charge in [0.15, 0.2) is 0 Å². The molecule has 1 aliphatic carbocycles. The lowest BCUT2D eigenvalue weighted by Crippen LogP contribution is -2.48. The predicted octanol–water partition coefficient (Wildman–Crippen LogP) is 2.58. The van der Waals surface area contributed by atoms with Crippen molar-refractivity contribution in [3.63, 3.8) is 0 Å². The zero-order valence-electron chi connectivity index (χ0n) is 10.3. The highest BCUT2D eigenvalue weighted by Gasteiger charge is 2.32. The van der Waals surface area contributed by atoms with Gasteiger partial charge in [-0.2, -0.15) is 0 Å². The van der Waals surface area contributed by atoms with E-state index in [9.17, 15) is 0 Å². The van der Waals surface area contributed by atoms with Crippen molar-refractivity contribution in [3.8, 4) is 0 Å². The van der Waals surface area contributed by atoms with E-state index in [-0.39, 0.29) is 0 Å². The van der Waals surface area contributed by atoms with Crippen molar-refractivity contribution in [2.24, 2.45) is 11.8 Å². The van der Waals surface area contributed by atoms with Crippen molar-refractivity contribution >= 4 is 0 Å². The summed E-state index contributed by atoms with van der Waals surface area (Å²) in [6, 6.07) is 1.32. The SMILES string of the molecule is CC1CCCC(NC2CCOC2C)C1C. The molecule has 0 bridgehead atoms. The van der Waals surface area contributed by atoms with Gasteiger partial charge < -0.3 is 10.1 Å². The molecule has 1 heterocycles. The van der Waals surface area contributed by atoms with E-state index in [1.54, 1.807) is 0 Å². The Morgan fingerprint density at radius 1 is 1.00 bits per heavy atom. The summed E-state index contributed by atoms with van der Waals surface area (Å²) in [6.07, 6.45) is 5.77. The van der Waals surface area contributed by atoms with Gasteiger partial charge in [-0.05, 0) is 31.6 Å². The van der Waals surface area contributed by atoms with E-state index in [0.29, 0.717) is 12.1 Å². The second kappa shape index (κ2) is 4.84. The van der Waals surface area contributed by atoms with Crippen LogP contribution in [-0.4, -0.2) is 24.8 Å². The van der Waals surface area contributed by atoms with E-state index in [4.69, 9.17) is 4.74 Å². The lowest BCUT2D eigenvalue weighted by atomic mass is 9.77. The Labute approximate surface area is 93.8 Å². The van der Waals surface area contributed by atoms with E-state index in [1.807, 2.05) is 0 Å². The molecule has 1 saturated carbocycles. The van der Waals surface area contributed by atoms with Gasteiger partial charge in [0.25, 0.3) is 0 Å². The molecule has 2 nitrogen and oxygen atoms in total. The quantitative estimate of drug-likeness (QED) is 0.758. The fraction of sp³-hybridized carbons (Fsp3) is 1.00. The second-order valence-corrected chi connectivity index (χ2v) is 5.51. The van der Waals surface area contributed by atoms with Gasteiger partial charge in [-0.25, -0.2) is 0 Å². The van der Waals surface area contributed by atoms with E-state index in [2.05, 4.69) is 26.1 Å². The average Bonchev–Trinajstić information content (AvgIpc) is 2.60. The molecule has 0 aromatic rings. The van der Waals surface area contributed by atoms with Gasteiger partial charge in [0.1, 0.15) is 0 Å². The van der Waals surface area contributed by atoms with Crippen LogP contribution in [0.1, 0.15) is 46.5 Å². The van der Waals surface area contributed by atoms with Crippen molar-refractivity contribution in [2.75, 3.05) is 6.61 Å². The van der Waals surface area contributed by atoms with Gasteiger partial charge >= 0.3 is 0 Å². The van der Waals surface area contributed by atoms with E-state index in [1.165, 1.54) is 25.7 Å². The maximum absolute atomic E-state index is 5.61. The minimum atomic E-state index is 0.412. The Hall–Kier alpha value is -0.0800. The van der Waals surface area contributed by atoms with E-state index in [0.717, 1.165) is 24.5 Å². The minimum absolute atomic E-state index is 0.412. The summed E-state index contributed by atoms with van der Waals surface area (Å²) in [5.74, 6) is 1.71. The van der Waals surface area contributed by atoms with Gasteiger partial charge in [0, 0.05) is 18.7 Å². The molecule has 2 heteroatoms. The maximum Gasteiger partial charge on any atom is 0.0700 e. The van der Waals surface area contributed by atoms with Crippen LogP contribution in [0.25, 0.3) is 0 Å². The van der Waals surface area contributed by atoms with E-state index < -0.39 is 0 Å². The van der Waals surface area contributed by atoms with Crippen LogP contribution in [0, 0.1) is 11.8 Å². The summed E-state index contributed by atoms with van der Waals surface area (Å²) in [5.41, 5.74) is 0. The second-order valence-electron chi connectivity index (χ2n) is 5.51. The fourth-order valence-corrected chi connectivity index (χ4v) is 3.04. The van der Waals surface area contributed by atoms with Crippen LogP contribution in [-0.2, 0) is 4.74 Å². The molecule has 2 fully saturated rings. The number of ether oxygens (including phenoxy) is 1. The largest absolute Gasteiger partial charge is 0.377 e. The third kappa shape index (κ3) is 2.54. The van der Waals surface area contributed by atoms with Crippen molar-refractivity contribution in [1.29, 1.82) is 0 Å². The first-order chi connectivity index (χ1) is 7.18. The molecule has 15 heavy (non-hydrogen) atoms. The van der Waals surface area contributed by atoms with Crippen molar-refractivity contribution < 1.29 is 4.74 Å². The molecule has 1 saturated heterocycles. The first kappa shape index (κ1) is 11.4. The molecule has 0 amide bonds. The highest BCUT2D eigenvalue weighted by Crippen LogP contribution is 2.30. The van der Waals surface area contributed by atoms with Gasteiger partial charge in [-0.15, -0.1) is 0 Å². The highest BCUT2D eigenvalue weighted by molar-refractivity contribution is 4.88. The maximum atomic E-state index is 5.61. The van der Waals surface area contributed by atoms with Crippen LogP contribution < -0.4 is 5.32 Å². The number of rotatable bonds is 2. The van der Waals surface area contributed by atoms with Crippen LogP contribution in [0.5, 0.6) is 0 Å². The Kier molecular flexibility index (Phi) is 3.68. The normalized spacial score (nSPS) is 47.0. The first-order valence-corrected chi connectivity index (χ1v) is 6.56. The number of hydrogen-bond acceptors (Lipinski definition) is 2. The molecule has 0 radical (unpaired) electrons. The number of nitrogens with one attached hydrogen (secondary N) is 1. The Morgan fingerprint density at radius 2 is 1.80 bits per heavy atom. The predicted molar refractivity (Wildman–Crippen MR) is 62.9 cm³/mol. The molecule has 1 aliphatic heterocycles. The summed E-state index contributed by atoms with van der Waals surface area (Å²) in [6.45, 7) is 7.94. The van der Waals surface area contributed by atoms with Gasteiger partial charge in [0.2, 0.25) is 0 Å². The molecule has 2 aliphatic rings. The zero-order valence-corrected chi connectivity index (χ0v) is 10.3. The molecule has 2 rings (SSSR count). The van der Waals surface area contributed by atoms with Gasteiger partial charge in [0.05, 0.1) is 6.10 Å². The Bertz CT molecular complexity index is 207. The fourth-order valence-electron chi connectivity index (χ4n) is 3.04. The number of hydrogen-bond donors (Lipinski definition) is 1. The van der Waals surface area contributed by atoms with Crippen molar-refractivity contribution in [2.45, 2.75) is 64.6 Å². The molecule has 88 valence electrons. The monoisotopic (exact) mass is 211 g/mol. The molecule has 5 atom stereocenters. The van der Waals surface area contributed by atoms with E-state index >= 15 is 0 Å². The molecule has 1 N–H and O–H groups in total. The smallest absolute Gasteiger partial charge is 0.0700 e. The summed E-state index contributed by atoms with van der Waals surface area (Å²) >= 11 is 0. The Balaban J connectivity index is 1.87. The van der Waals surface area contributed by atoms with Crippen LogP contribution in [0.3, 0.4) is 0 Å². The minimum Gasteiger partial charge on any atom is -0.377 e. The lowest BCUT2D eigenvalue weighted by molar-refractivity contribution is 0.102. The first-order valence-electron chi connectivity index (χ1n) is 6.56. The van der Waals surface area contributed by atoms with Crippen LogP contribution in [0.2, 0.25) is 0 Å². The third-order valence-corrected chi connectivity index (χ3v) is 4.51. The lowest BCUT2D eigenvalue weighted by Gasteiger charge is -2.37. The summed E-state index contributed by atoms with van der Waals surface area (Å²) in [4.78, 5) is 0. The third-order valence-electron chi connectivity index (χ3n) is 4.51. The van der Waals surface area contributed by atoms with Crippen molar-refractivity contribution in [1.82, 2.24) is 5.32 Å². The topological polar surface area (TPSA) is 21.3 Å². The standard InChI is InChI=1S/C13H25NO/c1-9-5-4-6-12(10(9)2)14-13-7-8-15-11(13)3/h9-14H,4-8H2,1-3H3. The summed E-state index contributed by atoms with van der Waals surface area (Å²) in [5, 5.41) is 3.82. The molecular weight excluding hydrogens is 186 g/mol. The summed E-state index contributed by atoms with van der Waals surface area (Å²) in [7, 11) is 0. The molecule has 5 unspecified atom stereocenters. The highest BCUT2D eigenvalue weighted by atomic mass is 16.5. The average molecular weight is 211 g/mol.